The van der Waals surface area contributed by atoms with Crippen LogP contribution in [0.5, 0.6) is 0 Å². The molecular weight excluding hydrogens is 330 g/mol. The summed E-state index contributed by atoms with van der Waals surface area (Å²) in [6.07, 6.45) is 1.30. The zero-order valence-corrected chi connectivity index (χ0v) is 11.5. The molecule has 0 radical (unpaired) electrons. The summed E-state index contributed by atoms with van der Waals surface area (Å²) in [6.45, 7) is 0. The summed E-state index contributed by atoms with van der Waals surface area (Å²) in [6, 6.07) is 7.16. The van der Waals surface area contributed by atoms with Crippen LogP contribution in [0.25, 0.3) is 0 Å². The number of carbonyl (C=O) groups is 1. The quantitative estimate of drug-likeness (QED) is 0.655. The van der Waals surface area contributed by atoms with Crippen molar-refractivity contribution in [3.8, 4) is 0 Å². The number of nitro groups is 1. The molecule has 0 aliphatic rings. The van der Waals surface area contributed by atoms with Crippen molar-refractivity contribution >= 4 is 39.1 Å². The lowest BCUT2D eigenvalue weighted by Crippen LogP contribution is -2.00. The fourth-order valence-corrected chi connectivity index (χ4v) is 1.93. The molecule has 1 aromatic heterocycles. The first-order valence-electron chi connectivity index (χ1n) is 5.37. The zero-order valence-electron chi connectivity index (χ0n) is 9.91. The molecule has 20 heavy (non-hydrogen) atoms. The third-order valence-corrected chi connectivity index (χ3v) is 3.12. The maximum Gasteiger partial charge on any atom is 0.336 e. The highest BCUT2D eigenvalue weighted by Gasteiger charge is 2.11. The first-order chi connectivity index (χ1) is 9.47. The van der Waals surface area contributed by atoms with Crippen LogP contribution >= 0.6 is 15.9 Å². The molecule has 8 heteroatoms. The Morgan fingerprint density at radius 2 is 2.10 bits per heavy atom. The van der Waals surface area contributed by atoms with Crippen LogP contribution in [0.2, 0.25) is 0 Å². The van der Waals surface area contributed by atoms with E-state index < -0.39 is 10.9 Å². The molecule has 2 aromatic rings. The van der Waals surface area contributed by atoms with Gasteiger partial charge in [-0.15, -0.1) is 0 Å². The van der Waals surface area contributed by atoms with Gasteiger partial charge in [0.15, 0.2) is 0 Å². The smallest absolute Gasteiger partial charge is 0.336 e. The molecule has 0 aliphatic heterocycles. The van der Waals surface area contributed by atoms with E-state index in [4.69, 9.17) is 5.11 Å². The number of halogens is 1. The molecule has 0 bridgehead atoms. The number of carboxylic acids is 1. The average molecular weight is 338 g/mol. The topological polar surface area (TPSA) is 105 Å². The van der Waals surface area contributed by atoms with E-state index in [0.717, 1.165) is 0 Å². The Bertz CT molecular complexity index is 690. The van der Waals surface area contributed by atoms with Gasteiger partial charge >= 0.3 is 5.97 Å². The van der Waals surface area contributed by atoms with Gasteiger partial charge < -0.3 is 10.4 Å². The van der Waals surface area contributed by atoms with Crippen molar-refractivity contribution in [2.75, 3.05) is 5.32 Å². The second kappa shape index (κ2) is 5.66. The lowest BCUT2D eigenvalue weighted by molar-refractivity contribution is -0.384. The van der Waals surface area contributed by atoms with Crippen molar-refractivity contribution in [3.63, 3.8) is 0 Å². The number of carboxylic acid groups (broad SMARTS) is 1. The van der Waals surface area contributed by atoms with Crippen LogP contribution in [-0.2, 0) is 0 Å². The van der Waals surface area contributed by atoms with Crippen LogP contribution in [0, 0.1) is 10.1 Å². The summed E-state index contributed by atoms with van der Waals surface area (Å²) < 4.78 is 0.447. The number of hydrogen-bond acceptors (Lipinski definition) is 5. The van der Waals surface area contributed by atoms with E-state index >= 15 is 0 Å². The Labute approximate surface area is 121 Å². The lowest BCUT2D eigenvalue weighted by atomic mass is 10.2. The van der Waals surface area contributed by atoms with Gasteiger partial charge in [0.1, 0.15) is 5.82 Å². The predicted molar refractivity (Wildman–Crippen MR) is 75.3 cm³/mol. The Kier molecular flexibility index (Phi) is 3.94. The van der Waals surface area contributed by atoms with Crippen LogP contribution in [0.15, 0.2) is 41.0 Å². The number of rotatable bonds is 4. The molecule has 102 valence electrons. The predicted octanol–water partition coefficient (Wildman–Crippen LogP) is 3.19. The van der Waals surface area contributed by atoms with E-state index in [1.165, 1.54) is 24.4 Å². The van der Waals surface area contributed by atoms with E-state index in [1.807, 2.05) is 0 Å². The van der Waals surface area contributed by atoms with E-state index in [0.29, 0.717) is 10.2 Å². The molecule has 0 fully saturated rings. The van der Waals surface area contributed by atoms with Crippen molar-refractivity contribution in [1.29, 1.82) is 0 Å². The molecule has 0 spiro atoms. The minimum absolute atomic E-state index is 0.0837. The molecular formula is C12H8BrN3O4. The Morgan fingerprint density at radius 3 is 2.75 bits per heavy atom. The third kappa shape index (κ3) is 3.09. The number of nitrogens with zero attached hydrogens (tertiary/aromatic N) is 2. The van der Waals surface area contributed by atoms with E-state index in [1.54, 1.807) is 12.1 Å². The van der Waals surface area contributed by atoms with E-state index in [-0.39, 0.29) is 17.1 Å². The first-order valence-corrected chi connectivity index (χ1v) is 6.17. The highest BCUT2D eigenvalue weighted by Crippen LogP contribution is 2.24. The number of pyridine rings is 1. The average Bonchev–Trinajstić information content (AvgIpc) is 2.41. The molecule has 2 N–H and O–H groups in total. The number of anilines is 2. The number of aromatic carboxylic acids is 1. The lowest BCUT2D eigenvalue weighted by Gasteiger charge is -2.07. The van der Waals surface area contributed by atoms with Gasteiger partial charge in [-0.2, -0.15) is 0 Å². The first kappa shape index (κ1) is 13.9. The minimum Gasteiger partial charge on any atom is -0.478 e. The van der Waals surface area contributed by atoms with Gasteiger partial charge in [0.2, 0.25) is 0 Å². The zero-order chi connectivity index (χ0) is 14.7. The van der Waals surface area contributed by atoms with Gasteiger partial charge in [0.05, 0.1) is 16.6 Å². The molecule has 0 amide bonds. The largest absolute Gasteiger partial charge is 0.478 e. The van der Waals surface area contributed by atoms with Crippen molar-refractivity contribution < 1.29 is 14.8 Å². The normalized spacial score (nSPS) is 10.1. The standard InChI is InChI=1S/C12H8BrN3O4/c13-10-2-1-7(5-9(10)12(17)18)15-11-6-8(16(19)20)3-4-14-11/h1-6H,(H,14,15)(H,17,18). The minimum atomic E-state index is -1.08. The van der Waals surface area contributed by atoms with Crippen molar-refractivity contribution in [3.05, 3.63) is 56.7 Å². The van der Waals surface area contributed by atoms with Crippen molar-refractivity contribution in [1.82, 2.24) is 4.98 Å². The van der Waals surface area contributed by atoms with Gasteiger partial charge in [0.25, 0.3) is 5.69 Å². The number of aromatic nitrogens is 1. The Balaban J connectivity index is 2.30. The summed E-state index contributed by atoms with van der Waals surface area (Å²) in [5.74, 6) is -0.814. The molecule has 0 saturated heterocycles. The fraction of sp³-hybridized carbons (Fsp3) is 0. The number of benzene rings is 1. The molecule has 1 aromatic carbocycles. The maximum absolute atomic E-state index is 11.0. The van der Waals surface area contributed by atoms with Crippen molar-refractivity contribution in [2.45, 2.75) is 0 Å². The molecule has 0 unspecified atom stereocenters. The van der Waals surface area contributed by atoms with Crippen LogP contribution in [0.1, 0.15) is 10.4 Å². The van der Waals surface area contributed by atoms with Gasteiger partial charge in [-0.1, -0.05) is 0 Å². The number of hydrogen-bond donors (Lipinski definition) is 2. The summed E-state index contributed by atoms with van der Waals surface area (Å²) >= 11 is 3.13. The second-order valence-corrected chi connectivity index (χ2v) is 4.64. The van der Waals surface area contributed by atoms with Crippen molar-refractivity contribution in [2.24, 2.45) is 0 Å². The molecule has 0 atom stereocenters. The van der Waals surface area contributed by atoms with Gasteiger partial charge in [-0.05, 0) is 34.1 Å². The summed E-state index contributed by atoms with van der Waals surface area (Å²) in [4.78, 5) is 25.1. The molecule has 0 saturated carbocycles. The second-order valence-electron chi connectivity index (χ2n) is 3.78. The third-order valence-electron chi connectivity index (χ3n) is 2.42. The molecule has 2 rings (SSSR count). The SMILES string of the molecule is O=C(O)c1cc(Nc2cc([N+](=O)[O-])ccn2)ccc1Br. The van der Waals surface area contributed by atoms with Crippen LogP contribution < -0.4 is 5.32 Å². The molecule has 7 nitrogen and oxygen atoms in total. The van der Waals surface area contributed by atoms with Crippen LogP contribution in [-0.4, -0.2) is 21.0 Å². The Morgan fingerprint density at radius 1 is 1.35 bits per heavy atom. The van der Waals surface area contributed by atoms with Gasteiger partial charge in [-0.25, -0.2) is 9.78 Å². The van der Waals surface area contributed by atoms with Gasteiger partial charge in [0, 0.05) is 22.4 Å². The van der Waals surface area contributed by atoms with E-state index in [2.05, 4.69) is 26.2 Å². The molecule has 0 aliphatic carbocycles. The monoisotopic (exact) mass is 337 g/mol. The summed E-state index contributed by atoms with van der Waals surface area (Å²) in [5, 5.41) is 22.5. The maximum atomic E-state index is 11.0. The highest BCUT2D eigenvalue weighted by atomic mass is 79.9. The van der Waals surface area contributed by atoms with Crippen LogP contribution in [0.4, 0.5) is 17.2 Å². The van der Waals surface area contributed by atoms with Gasteiger partial charge in [-0.3, -0.25) is 10.1 Å². The fourth-order valence-electron chi connectivity index (χ4n) is 1.52. The summed E-state index contributed by atoms with van der Waals surface area (Å²) in [5.41, 5.74) is 0.456. The molecule has 1 heterocycles. The number of nitrogens with one attached hydrogen (secondary N) is 1. The highest BCUT2D eigenvalue weighted by molar-refractivity contribution is 9.10. The Hall–Kier alpha value is -2.48. The summed E-state index contributed by atoms with van der Waals surface area (Å²) in [7, 11) is 0. The van der Waals surface area contributed by atoms with E-state index in [9.17, 15) is 14.9 Å². The van der Waals surface area contributed by atoms with Crippen LogP contribution in [0.3, 0.4) is 0 Å².